The molecule has 3 rings (SSSR count). The monoisotopic (exact) mass is 425 g/mol. The third-order valence-corrected chi connectivity index (χ3v) is 4.72. The van der Waals surface area contributed by atoms with Crippen LogP contribution in [0.15, 0.2) is 35.5 Å². The van der Waals surface area contributed by atoms with Crippen molar-refractivity contribution in [2.24, 2.45) is 7.05 Å². The fourth-order valence-electron chi connectivity index (χ4n) is 3.19. The van der Waals surface area contributed by atoms with Crippen molar-refractivity contribution in [3.05, 3.63) is 52.2 Å². The van der Waals surface area contributed by atoms with Gasteiger partial charge in [-0.05, 0) is 31.5 Å². The van der Waals surface area contributed by atoms with E-state index >= 15 is 0 Å². The van der Waals surface area contributed by atoms with Crippen LogP contribution in [0.1, 0.15) is 22.8 Å². The van der Waals surface area contributed by atoms with Crippen molar-refractivity contribution in [3.63, 3.8) is 0 Å². The Morgan fingerprint density at radius 2 is 2.10 bits per heavy atom. The summed E-state index contributed by atoms with van der Waals surface area (Å²) in [4.78, 5) is 34.2. The van der Waals surface area contributed by atoms with Crippen molar-refractivity contribution in [2.45, 2.75) is 19.9 Å². The number of carbonyl (C=O) groups excluding carboxylic acids is 1. The summed E-state index contributed by atoms with van der Waals surface area (Å²) in [6.07, 6.45) is 4.86. The predicted octanol–water partition coefficient (Wildman–Crippen LogP) is 1.40. The van der Waals surface area contributed by atoms with Crippen molar-refractivity contribution in [3.8, 4) is 11.3 Å². The van der Waals surface area contributed by atoms with Gasteiger partial charge in [0.05, 0.1) is 29.1 Å². The van der Waals surface area contributed by atoms with Crippen LogP contribution < -0.4 is 21.1 Å². The molecule has 0 fully saturated rings. The maximum absolute atomic E-state index is 12.8. The highest BCUT2D eigenvalue weighted by atomic mass is 16.3. The Labute approximate surface area is 179 Å². The van der Waals surface area contributed by atoms with Gasteiger partial charge in [0, 0.05) is 45.8 Å². The molecule has 31 heavy (non-hydrogen) atoms. The number of rotatable bonds is 7. The summed E-state index contributed by atoms with van der Waals surface area (Å²) < 4.78 is 1.66. The van der Waals surface area contributed by atoms with Gasteiger partial charge in [-0.25, -0.2) is 0 Å². The molecule has 0 radical (unpaired) electrons. The van der Waals surface area contributed by atoms with Gasteiger partial charge in [-0.3, -0.25) is 19.3 Å². The van der Waals surface area contributed by atoms with Crippen molar-refractivity contribution in [2.75, 3.05) is 30.9 Å². The third-order valence-electron chi connectivity index (χ3n) is 4.72. The van der Waals surface area contributed by atoms with Crippen molar-refractivity contribution in [1.29, 1.82) is 0 Å². The molecule has 0 spiro atoms. The van der Waals surface area contributed by atoms with Crippen LogP contribution in [0.2, 0.25) is 0 Å². The first-order valence-electron chi connectivity index (χ1n) is 9.79. The molecule has 0 saturated heterocycles. The average Bonchev–Trinajstić information content (AvgIpc) is 3.06. The van der Waals surface area contributed by atoms with Gasteiger partial charge in [0.2, 0.25) is 0 Å². The second kappa shape index (κ2) is 9.00. The van der Waals surface area contributed by atoms with Gasteiger partial charge in [-0.15, -0.1) is 0 Å². The van der Waals surface area contributed by atoms with E-state index in [0.29, 0.717) is 34.0 Å². The first-order valence-corrected chi connectivity index (χ1v) is 9.79. The lowest BCUT2D eigenvalue weighted by molar-refractivity contribution is 0.0923. The van der Waals surface area contributed by atoms with Crippen LogP contribution in [-0.4, -0.2) is 57.5 Å². The molecule has 3 aromatic rings. The lowest BCUT2D eigenvalue weighted by atomic mass is 10.1. The average molecular weight is 425 g/mol. The maximum atomic E-state index is 12.8. The van der Waals surface area contributed by atoms with Gasteiger partial charge in [0.15, 0.2) is 0 Å². The minimum atomic E-state index is -0.398. The standard InChI is InChI=1S/C21H27N7O3/c1-12-10-28(5)26-18(12)14-8-17(19(27(3)4)25-20(14)30)24-16-6-7-22-9-15(16)21(31)23-13(2)11-29/h6-10,13,29H,11H2,1-5H3,(H,22,24)(H,23,31)(H,25,30). The van der Waals surface area contributed by atoms with E-state index in [-0.39, 0.29) is 18.1 Å². The molecule has 1 unspecified atom stereocenters. The molecular formula is C21H27N7O3. The molecule has 0 aromatic carbocycles. The van der Waals surface area contributed by atoms with Crippen molar-refractivity contribution in [1.82, 2.24) is 25.1 Å². The lowest BCUT2D eigenvalue weighted by Crippen LogP contribution is -2.35. The zero-order valence-electron chi connectivity index (χ0n) is 18.2. The molecule has 164 valence electrons. The lowest BCUT2D eigenvalue weighted by Gasteiger charge is -2.20. The Hall–Kier alpha value is -3.66. The molecule has 10 heteroatoms. The number of aliphatic hydroxyl groups excluding tert-OH is 1. The van der Waals surface area contributed by atoms with Crippen LogP contribution >= 0.6 is 0 Å². The number of aryl methyl sites for hydroxylation is 2. The fourth-order valence-corrected chi connectivity index (χ4v) is 3.19. The minimum absolute atomic E-state index is 0.174. The van der Waals surface area contributed by atoms with Crippen LogP contribution in [0.5, 0.6) is 0 Å². The van der Waals surface area contributed by atoms with Gasteiger partial charge in [0.25, 0.3) is 11.5 Å². The molecule has 10 nitrogen and oxygen atoms in total. The van der Waals surface area contributed by atoms with E-state index in [4.69, 9.17) is 0 Å². The first-order chi connectivity index (χ1) is 14.7. The molecule has 1 amide bonds. The Balaban J connectivity index is 2.07. The minimum Gasteiger partial charge on any atom is -0.394 e. The van der Waals surface area contributed by atoms with E-state index in [9.17, 15) is 14.7 Å². The highest BCUT2D eigenvalue weighted by Gasteiger charge is 2.19. The third kappa shape index (κ3) is 4.75. The zero-order valence-corrected chi connectivity index (χ0v) is 18.2. The van der Waals surface area contributed by atoms with E-state index in [0.717, 1.165) is 5.56 Å². The van der Waals surface area contributed by atoms with Crippen molar-refractivity contribution < 1.29 is 9.90 Å². The molecule has 0 aliphatic carbocycles. The number of amides is 1. The van der Waals surface area contributed by atoms with E-state index in [1.54, 1.807) is 41.9 Å². The Morgan fingerprint density at radius 1 is 1.35 bits per heavy atom. The number of nitrogens with zero attached hydrogens (tertiary/aromatic N) is 4. The summed E-state index contributed by atoms with van der Waals surface area (Å²) in [5, 5.41) is 19.6. The molecule has 0 aliphatic rings. The zero-order chi connectivity index (χ0) is 22.7. The second-order valence-electron chi connectivity index (χ2n) is 7.61. The number of carbonyl (C=O) groups is 1. The van der Waals surface area contributed by atoms with Gasteiger partial charge in [-0.2, -0.15) is 5.10 Å². The first kappa shape index (κ1) is 22.0. The summed E-state index contributed by atoms with van der Waals surface area (Å²) in [5.41, 5.74) is 3.03. The van der Waals surface area contributed by atoms with Crippen LogP contribution in [-0.2, 0) is 7.05 Å². The number of anilines is 3. The molecule has 3 aromatic heterocycles. The Bertz CT molecular complexity index is 1150. The van der Waals surface area contributed by atoms with E-state index in [2.05, 4.69) is 25.7 Å². The summed E-state index contributed by atoms with van der Waals surface area (Å²) in [5.74, 6) is 0.183. The number of aromatic amines is 1. The summed E-state index contributed by atoms with van der Waals surface area (Å²) in [6, 6.07) is 3.00. The SMILES string of the molecule is Cc1cn(C)nc1-c1cc(Nc2ccncc2C(=O)NC(C)CO)c(N(C)C)[nH]c1=O. The number of aromatic nitrogens is 4. The number of pyridine rings is 2. The van der Waals surface area contributed by atoms with Gasteiger partial charge in [-0.1, -0.05) is 0 Å². The molecule has 4 N–H and O–H groups in total. The number of nitrogens with one attached hydrogen (secondary N) is 3. The van der Waals surface area contributed by atoms with Crippen LogP contribution in [0.4, 0.5) is 17.2 Å². The van der Waals surface area contributed by atoms with Gasteiger partial charge >= 0.3 is 0 Å². The summed E-state index contributed by atoms with van der Waals surface area (Å²) in [7, 11) is 5.42. The van der Waals surface area contributed by atoms with Crippen LogP contribution in [0.3, 0.4) is 0 Å². The van der Waals surface area contributed by atoms with Crippen LogP contribution in [0, 0.1) is 6.92 Å². The fraction of sp³-hybridized carbons (Fsp3) is 0.333. The molecule has 1 atom stereocenters. The normalized spacial score (nSPS) is 11.8. The number of hydrogen-bond donors (Lipinski definition) is 4. The molecule has 0 saturated carbocycles. The maximum Gasteiger partial charge on any atom is 0.259 e. The quantitative estimate of drug-likeness (QED) is 0.450. The molecular weight excluding hydrogens is 398 g/mol. The number of hydrogen-bond acceptors (Lipinski definition) is 7. The van der Waals surface area contributed by atoms with Gasteiger partial charge in [0.1, 0.15) is 11.5 Å². The van der Waals surface area contributed by atoms with Gasteiger partial charge < -0.3 is 25.6 Å². The largest absolute Gasteiger partial charge is 0.394 e. The van der Waals surface area contributed by atoms with Crippen molar-refractivity contribution >= 4 is 23.1 Å². The summed E-state index contributed by atoms with van der Waals surface area (Å²) in [6.45, 7) is 3.42. The van der Waals surface area contributed by atoms with E-state index < -0.39 is 6.04 Å². The van der Waals surface area contributed by atoms with E-state index in [1.165, 1.54) is 6.20 Å². The Kier molecular flexibility index (Phi) is 6.40. The Morgan fingerprint density at radius 3 is 2.71 bits per heavy atom. The highest BCUT2D eigenvalue weighted by molar-refractivity contribution is 6.00. The summed E-state index contributed by atoms with van der Waals surface area (Å²) >= 11 is 0. The van der Waals surface area contributed by atoms with E-state index in [1.807, 2.05) is 27.2 Å². The number of H-pyrrole nitrogens is 1. The molecule has 0 aliphatic heterocycles. The second-order valence-corrected chi connectivity index (χ2v) is 7.61. The molecule has 3 heterocycles. The highest BCUT2D eigenvalue weighted by Crippen LogP contribution is 2.30. The predicted molar refractivity (Wildman–Crippen MR) is 120 cm³/mol. The smallest absolute Gasteiger partial charge is 0.259 e. The topological polar surface area (TPSA) is 128 Å². The molecule has 0 bridgehead atoms. The number of aliphatic hydroxyl groups is 1. The van der Waals surface area contributed by atoms with Crippen LogP contribution in [0.25, 0.3) is 11.3 Å².